The van der Waals surface area contributed by atoms with Gasteiger partial charge in [0.2, 0.25) is 11.7 Å². The molecule has 2 fully saturated rings. The number of methoxy groups -OCH3 is 3. The largest absolute Gasteiger partial charge is 0.493 e. The first-order valence-corrected chi connectivity index (χ1v) is 14.8. The van der Waals surface area contributed by atoms with Crippen molar-refractivity contribution in [1.82, 2.24) is 9.80 Å². The zero-order valence-corrected chi connectivity index (χ0v) is 25.4. The molecule has 2 aliphatic heterocycles. The Morgan fingerprint density at radius 1 is 0.818 bits per heavy atom. The third-order valence-electron chi connectivity index (χ3n) is 9.50. The molecule has 0 spiro atoms. The van der Waals surface area contributed by atoms with Crippen LogP contribution in [0, 0.1) is 11.6 Å². The van der Waals surface area contributed by atoms with E-state index in [-0.39, 0.29) is 11.8 Å². The van der Waals surface area contributed by atoms with Gasteiger partial charge in [-0.2, -0.15) is 0 Å². The number of ether oxygens (including phenoxy) is 3. The summed E-state index contributed by atoms with van der Waals surface area (Å²) in [6.45, 7) is 2.76. The maximum atomic E-state index is 14.5. The fourth-order valence-corrected chi connectivity index (χ4v) is 6.81. The Labute approximate surface area is 256 Å². The Hall–Kier alpha value is -4.18. The van der Waals surface area contributed by atoms with Gasteiger partial charge in [-0.25, -0.2) is 8.78 Å². The lowest BCUT2D eigenvalue weighted by Gasteiger charge is -2.41. The average molecular weight is 608 g/mol. The summed E-state index contributed by atoms with van der Waals surface area (Å²) in [5.41, 5.74) is 6.59. The van der Waals surface area contributed by atoms with Crippen LogP contribution in [0.2, 0.25) is 0 Å². The van der Waals surface area contributed by atoms with Gasteiger partial charge in [-0.3, -0.25) is 9.59 Å². The molecule has 10 heteroatoms. The third-order valence-corrected chi connectivity index (χ3v) is 9.50. The van der Waals surface area contributed by atoms with Crippen molar-refractivity contribution >= 4 is 11.8 Å². The second-order valence-electron chi connectivity index (χ2n) is 11.7. The summed E-state index contributed by atoms with van der Waals surface area (Å²) >= 11 is 0. The van der Waals surface area contributed by atoms with Gasteiger partial charge in [-0.1, -0.05) is 36.4 Å². The van der Waals surface area contributed by atoms with Gasteiger partial charge < -0.3 is 29.7 Å². The number of carbonyl (C=O) groups excluding carboxylic acids is 2. The van der Waals surface area contributed by atoms with Gasteiger partial charge in [0.25, 0.3) is 5.91 Å². The zero-order valence-electron chi connectivity index (χ0n) is 25.4. The Bertz CT molecular complexity index is 1480. The van der Waals surface area contributed by atoms with E-state index in [1.165, 1.54) is 27.4 Å². The van der Waals surface area contributed by atoms with E-state index in [1.54, 1.807) is 23.1 Å². The summed E-state index contributed by atoms with van der Waals surface area (Å²) in [5.74, 6) is -1.24. The normalized spacial score (nSPS) is 19.9. The van der Waals surface area contributed by atoms with E-state index in [4.69, 9.17) is 19.9 Å². The van der Waals surface area contributed by atoms with Gasteiger partial charge in [0, 0.05) is 24.1 Å². The number of hydrogen-bond acceptors (Lipinski definition) is 6. The third kappa shape index (κ3) is 5.83. The minimum atomic E-state index is -0.914. The van der Waals surface area contributed by atoms with Crippen LogP contribution in [0.4, 0.5) is 8.78 Å². The molecule has 0 saturated carbocycles. The number of halogens is 2. The molecule has 2 aliphatic rings. The maximum absolute atomic E-state index is 14.5. The summed E-state index contributed by atoms with van der Waals surface area (Å²) in [7, 11) is 4.48. The van der Waals surface area contributed by atoms with Crippen molar-refractivity contribution in [3.8, 4) is 17.2 Å². The molecule has 234 valence electrons. The molecule has 0 bridgehead atoms. The molecule has 8 nitrogen and oxygen atoms in total. The molecule has 0 radical (unpaired) electrons. The number of nitrogens with zero attached hydrogens (tertiary/aromatic N) is 2. The van der Waals surface area contributed by atoms with Crippen molar-refractivity contribution in [1.29, 1.82) is 0 Å². The van der Waals surface area contributed by atoms with Gasteiger partial charge >= 0.3 is 0 Å². The molecule has 1 unspecified atom stereocenters. The number of amides is 2. The minimum absolute atomic E-state index is 0.221. The van der Waals surface area contributed by atoms with Crippen molar-refractivity contribution in [2.75, 3.05) is 54.1 Å². The van der Waals surface area contributed by atoms with Crippen LogP contribution < -0.4 is 19.9 Å². The summed E-state index contributed by atoms with van der Waals surface area (Å²) in [6.07, 6.45) is 2.38. The first-order chi connectivity index (χ1) is 21.2. The smallest absolute Gasteiger partial charge is 0.254 e. The van der Waals surface area contributed by atoms with Crippen LogP contribution >= 0.6 is 0 Å². The lowest BCUT2D eigenvalue weighted by atomic mass is 9.71. The lowest BCUT2D eigenvalue weighted by Crippen LogP contribution is -2.50. The number of hydrogen-bond donors (Lipinski definition) is 1. The van der Waals surface area contributed by atoms with Crippen LogP contribution in [0.5, 0.6) is 17.2 Å². The molecular formula is C34H39F2N3O5. The second-order valence-corrected chi connectivity index (χ2v) is 11.7. The van der Waals surface area contributed by atoms with Gasteiger partial charge in [-0.05, 0) is 80.7 Å². The minimum Gasteiger partial charge on any atom is -0.493 e. The first kappa shape index (κ1) is 31.3. The lowest BCUT2D eigenvalue weighted by molar-refractivity contribution is -0.125. The van der Waals surface area contributed by atoms with Crippen molar-refractivity contribution in [2.24, 2.45) is 5.73 Å². The number of likely N-dealkylation sites (tertiary alicyclic amines) is 2. The molecule has 2 heterocycles. The summed E-state index contributed by atoms with van der Waals surface area (Å²) in [5, 5.41) is 0. The molecule has 5 rings (SSSR count). The van der Waals surface area contributed by atoms with E-state index in [0.717, 1.165) is 11.6 Å². The Morgan fingerprint density at radius 2 is 1.48 bits per heavy atom. The van der Waals surface area contributed by atoms with Crippen LogP contribution in [0.25, 0.3) is 0 Å². The van der Waals surface area contributed by atoms with Gasteiger partial charge in [0.1, 0.15) is 0 Å². The highest BCUT2D eigenvalue weighted by Crippen LogP contribution is 2.42. The summed E-state index contributed by atoms with van der Waals surface area (Å²) < 4.78 is 44.8. The van der Waals surface area contributed by atoms with Crippen LogP contribution in [0.1, 0.15) is 47.2 Å². The van der Waals surface area contributed by atoms with Crippen molar-refractivity contribution < 1.29 is 32.6 Å². The standard InChI is InChI=1S/C34H39F2N3O5/c1-42-28-19-23(20-29(43-2)30(28)44-3)31(40)39-18-12-33(22-39,25-9-10-26(35)27(36)21-25)11-15-38-16-13-34(14-17-38,32(37)41)24-7-5-4-6-8-24/h4-10,19-21H,11-18,22H2,1-3H3,(H2,37,41). The number of benzene rings is 3. The first-order valence-electron chi connectivity index (χ1n) is 14.8. The Morgan fingerprint density at radius 3 is 2.05 bits per heavy atom. The number of primary amides is 1. The number of nitrogens with two attached hydrogens (primary N) is 1. The summed E-state index contributed by atoms with van der Waals surface area (Å²) in [6, 6.07) is 16.9. The molecule has 0 aliphatic carbocycles. The van der Waals surface area contributed by atoms with E-state index in [1.807, 2.05) is 30.3 Å². The topological polar surface area (TPSA) is 94.3 Å². The van der Waals surface area contributed by atoms with Crippen LogP contribution in [-0.4, -0.2) is 75.7 Å². The van der Waals surface area contributed by atoms with Crippen molar-refractivity contribution in [3.05, 3.63) is 89.0 Å². The fourth-order valence-electron chi connectivity index (χ4n) is 6.81. The van der Waals surface area contributed by atoms with Crippen molar-refractivity contribution in [2.45, 2.75) is 36.5 Å². The Kier molecular flexibility index (Phi) is 9.10. The molecule has 44 heavy (non-hydrogen) atoms. The highest BCUT2D eigenvalue weighted by molar-refractivity contribution is 5.96. The van der Waals surface area contributed by atoms with E-state index in [0.29, 0.717) is 86.8 Å². The number of piperidine rings is 1. The van der Waals surface area contributed by atoms with Gasteiger partial charge in [0.15, 0.2) is 23.1 Å². The highest BCUT2D eigenvalue weighted by Gasteiger charge is 2.44. The van der Waals surface area contributed by atoms with Crippen LogP contribution in [0.3, 0.4) is 0 Å². The molecule has 0 aromatic heterocycles. The predicted octanol–water partition coefficient (Wildman–Crippen LogP) is 4.68. The van der Waals surface area contributed by atoms with Crippen molar-refractivity contribution in [3.63, 3.8) is 0 Å². The Balaban J connectivity index is 1.36. The monoisotopic (exact) mass is 607 g/mol. The zero-order chi connectivity index (χ0) is 31.5. The number of carbonyl (C=O) groups is 2. The molecule has 3 aromatic rings. The number of rotatable bonds is 10. The molecule has 2 N–H and O–H groups in total. The quantitative estimate of drug-likeness (QED) is 0.360. The average Bonchev–Trinajstić information content (AvgIpc) is 3.50. The molecular weight excluding hydrogens is 568 g/mol. The van der Waals surface area contributed by atoms with E-state index in [2.05, 4.69) is 4.90 Å². The fraction of sp³-hybridized carbons (Fsp3) is 0.412. The van der Waals surface area contributed by atoms with E-state index in [9.17, 15) is 18.4 Å². The van der Waals surface area contributed by atoms with E-state index >= 15 is 0 Å². The van der Waals surface area contributed by atoms with Gasteiger partial charge in [-0.15, -0.1) is 0 Å². The molecule has 2 amide bonds. The highest BCUT2D eigenvalue weighted by atomic mass is 19.2. The SMILES string of the molecule is COc1cc(C(=O)N2CCC(CCN3CCC(C(N)=O)(c4ccccc4)CC3)(c3ccc(F)c(F)c3)C2)cc(OC)c1OC. The van der Waals surface area contributed by atoms with Crippen LogP contribution in [-0.2, 0) is 15.6 Å². The molecule has 2 saturated heterocycles. The predicted molar refractivity (Wildman–Crippen MR) is 162 cm³/mol. The van der Waals surface area contributed by atoms with E-state index < -0.39 is 22.5 Å². The summed E-state index contributed by atoms with van der Waals surface area (Å²) in [4.78, 5) is 30.5. The van der Waals surface area contributed by atoms with Crippen LogP contribution in [0.15, 0.2) is 60.7 Å². The maximum Gasteiger partial charge on any atom is 0.254 e. The molecule has 1 atom stereocenters. The molecule has 3 aromatic carbocycles. The van der Waals surface area contributed by atoms with Gasteiger partial charge in [0.05, 0.1) is 26.7 Å². The second kappa shape index (κ2) is 12.8.